The van der Waals surface area contributed by atoms with Gasteiger partial charge in [-0.1, -0.05) is 27.3 Å². The van der Waals surface area contributed by atoms with Crippen LogP contribution in [0.25, 0.3) is 10.2 Å². The van der Waals surface area contributed by atoms with Crippen LogP contribution in [0.5, 0.6) is 0 Å². The van der Waals surface area contributed by atoms with E-state index in [4.69, 9.17) is 0 Å². The first-order valence-corrected chi connectivity index (χ1v) is 10.9. The minimum atomic E-state index is -0.203. The number of hydrogen-bond acceptors (Lipinski definition) is 3. The van der Waals surface area contributed by atoms with Gasteiger partial charge >= 0.3 is 0 Å². The van der Waals surface area contributed by atoms with Gasteiger partial charge < -0.3 is 4.57 Å². The zero-order valence-electron chi connectivity index (χ0n) is 14.4. The number of rotatable bonds is 4. The lowest BCUT2D eigenvalue weighted by molar-refractivity contribution is 0.0998. The van der Waals surface area contributed by atoms with Crippen LogP contribution in [0, 0.1) is 13.8 Å². The molecular weight excluding hydrogens is 416 g/mol. The molecule has 0 aliphatic heterocycles. The van der Waals surface area contributed by atoms with E-state index < -0.39 is 0 Å². The molecule has 3 aromatic rings. The standard InChI is InChI=1S/C19H19BrN2OS2/c1-12-10-16-17(11-13(12)2)25-19(22(16)8-9-24-3)21-18(23)14-4-6-15(20)7-5-14/h4-7,10-11H,8-9H2,1-3H3. The molecule has 0 aliphatic carbocycles. The van der Waals surface area contributed by atoms with E-state index in [1.165, 1.54) is 15.8 Å². The van der Waals surface area contributed by atoms with Gasteiger partial charge in [0.05, 0.1) is 10.2 Å². The van der Waals surface area contributed by atoms with Crippen molar-refractivity contribution in [1.29, 1.82) is 0 Å². The Morgan fingerprint density at radius 1 is 1.20 bits per heavy atom. The van der Waals surface area contributed by atoms with Crippen molar-refractivity contribution in [3.63, 3.8) is 0 Å². The summed E-state index contributed by atoms with van der Waals surface area (Å²) in [4.78, 5) is 17.8. The highest BCUT2D eigenvalue weighted by molar-refractivity contribution is 9.10. The van der Waals surface area contributed by atoms with E-state index in [1.807, 2.05) is 12.1 Å². The summed E-state index contributed by atoms with van der Waals surface area (Å²) >= 11 is 6.77. The molecule has 3 rings (SSSR count). The van der Waals surface area contributed by atoms with Gasteiger partial charge in [-0.3, -0.25) is 4.79 Å². The zero-order valence-corrected chi connectivity index (χ0v) is 17.6. The smallest absolute Gasteiger partial charge is 0.279 e. The highest BCUT2D eigenvalue weighted by Crippen LogP contribution is 2.22. The molecule has 3 nitrogen and oxygen atoms in total. The van der Waals surface area contributed by atoms with Gasteiger partial charge in [0.15, 0.2) is 4.80 Å². The summed E-state index contributed by atoms with van der Waals surface area (Å²) in [6.07, 6.45) is 2.09. The van der Waals surface area contributed by atoms with Gasteiger partial charge in [-0.15, -0.1) is 0 Å². The van der Waals surface area contributed by atoms with Crippen molar-refractivity contribution in [3.8, 4) is 0 Å². The van der Waals surface area contributed by atoms with E-state index in [2.05, 4.69) is 57.7 Å². The first-order valence-electron chi connectivity index (χ1n) is 7.94. The van der Waals surface area contributed by atoms with Gasteiger partial charge in [-0.05, 0) is 67.6 Å². The molecule has 0 spiro atoms. The number of carbonyl (C=O) groups excluding carboxylic acids is 1. The van der Waals surface area contributed by atoms with Crippen LogP contribution in [0.15, 0.2) is 45.9 Å². The first-order chi connectivity index (χ1) is 12.0. The highest BCUT2D eigenvalue weighted by atomic mass is 79.9. The monoisotopic (exact) mass is 434 g/mol. The van der Waals surface area contributed by atoms with Crippen molar-refractivity contribution in [2.24, 2.45) is 4.99 Å². The third-order valence-corrected chi connectivity index (χ3v) is 6.27. The molecule has 1 heterocycles. The lowest BCUT2D eigenvalue weighted by Crippen LogP contribution is -2.18. The van der Waals surface area contributed by atoms with E-state index >= 15 is 0 Å². The fourth-order valence-corrected chi connectivity index (χ4v) is 4.31. The Bertz CT molecular complexity index is 987. The minimum absolute atomic E-state index is 0.203. The number of thioether (sulfide) groups is 1. The quantitative estimate of drug-likeness (QED) is 0.566. The van der Waals surface area contributed by atoms with Gasteiger partial charge in [0.2, 0.25) is 0 Å². The maximum atomic E-state index is 12.6. The number of halogens is 1. The number of benzene rings is 2. The van der Waals surface area contributed by atoms with E-state index in [0.717, 1.165) is 27.1 Å². The molecule has 0 bridgehead atoms. The summed E-state index contributed by atoms with van der Waals surface area (Å²) in [6.45, 7) is 5.08. The molecule has 0 aliphatic rings. The van der Waals surface area contributed by atoms with Crippen molar-refractivity contribution < 1.29 is 4.79 Å². The first kappa shape index (κ1) is 18.4. The number of fused-ring (bicyclic) bond motifs is 1. The van der Waals surface area contributed by atoms with E-state index in [1.54, 1.807) is 35.2 Å². The highest BCUT2D eigenvalue weighted by Gasteiger charge is 2.10. The predicted octanol–water partition coefficient (Wildman–Crippen LogP) is 5.19. The Balaban J connectivity index is 2.13. The zero-order chi connectivity index (χ0) is 18.0. The fourth-order valence-electron chi connectivity index (χ4n) is 2.55. The van der Waals surface area contributed by atoms with Crippen LogP contribution in [0.3, 0.4) is 0 Å². The molecule has 0 saturated heterocycles. The SMILES string of the molecule is CSCCn1c(=NC(=O)c2ccc(Br)cc2)sc2cc(C)c(C)cc21. The second kappa shape index (κ2) is 7.89. The topological polar surface area (TPSA) is 34.4 Å². The summed E-state index contributed by atoms with van der Waals surface area (Å²) in [7, 11) is 0. The number of nitrogens with zero attached hydrogens (tertiary/aromatic N) is 2. The van der Waals surface area contributed by atoms with Crippen molar-refractivity contribution in [2.75, 3.05) is 12.0 Å². The number of carbonyl (C=O) groups is 1. The Kier molecular flexibility index (Phi) is 5.81. The minimum Gasteiger partial charge on any atom is -0.315 e. The van der Waals surface area contributed by atoms with Crippen LogP contribution >= 0.6 is 39.0 Å². The summed E-state index contributed by atoms with van der Waals surface area (Å²) in [5.74, 6) is 0.781. The van der Waals surface area contributed by atoms with Crippen molar-refractivity contribution in [3.05, 3.63) is 62.4 Å². The third-order valence-electron chi connectivity index (χ3n) is 4.11. The van der Waals surface area contributed by atoms with Crippen LogP contribution in [-0.2, 0) is 6.54 Å². The molecule has 0 saturated carbocycles. The van der Waals surface area contributed by atoms with E-state index in [0.29, 0.717) is 5.56 Å². The molecule has 25 heavy (non-hydrogen) atoms. The molecule has 0 unspecified atom stereocenters. The average molecular weight is 435 g/mol. The number of hydrogen-bond donors (Lipinski definition) is 0. The Morgan fingerprint density at radius 2 is 1.88 bits per heavy atom. The molecule has 2 aromatic carbocycles. The van der Waals surface area contributed by atoms with Crippen LogP contribution in [0.1, 0.15) is 21.5 Å². The van der Waals surface area contributed by atoms with Crippen LogP contribution in [0.2, 0.25) is 0 Å². The van der Waals surface area contributed by atoms with E-state index in [-0.39, 0.29) is 5.91 Å². The Labute approximate surface area is 163 Å². The summed E-state index contributed by atoms with van der Waals surface area (Å²) in [5.41, 5.74) is 4.28. The molecule has 0 N–H and O–H groups in total. The second-order valence-electron chi connectivity index (χ2n) is 5.86. The lowest BCUT2D eigenvalue weighted by atomic mass is 10.1. The van der Waals surface area contributed by atoms with Gasteiger partial charge in [0.25, 0.3) is 5.91 Å². The molecule has 1 aromatic heterocycles. The second-order valence-corrected chi connectivity index (χ2v) is 8.77. The largest absolute Gasteiger partial charge is 0.315 e. The van der Waals surface area contributed by atoms with Gasteiger partial charge in [-0.2, -0.15) is 16.8 Å². The maximum absolute atomic E-state index is 12.6. The van der Waals surface area contributed by atoms with Crippen LogP contribution in [-0.4, -0.2) is 22.5 Å². The Morgan fingerprint density at radius 3 is 2.56 bits per heavy atom. The molecule has 130 valence electrons. The number of aromatic nitrogens is 1. The number of thiazole rings is 1. The molecule has 0 atom stereocenters. The van der Waals surface area contributed by atoms with E-state index in [9.17, 15) is 4.79 Å². The predicted molar refractivity (Wildman–Crippen MR) is 112 cm³/mol. The van der Waals surface area contributed by atoms with Gasteiger partial charge in [0.1, 0.15) is 0 Å². The fraction of sp³-hybridized carbons (Fsp3) is 0.263. The van der Waals surface area contributed by atoms with Gasteiger partial charge in [-0.25, -0.2) is 0 Å². The average Bonchev–Trinajstić information content (AvgIpc) is 2.90. The summed E-state index contributed by atoms with van der Waals surface area (Å²) < 4.78 is 4.29. The van der Waals surface area contributed by atoms with Crippen molar-refractivity contribution in [1.82, 2.24) is 4.57 Å². The summed E-state index contributed by atoms with van der Waals surface area (Å²) in [5, 5.41) is 0. The Hall–Kier alpha value is -1.37. The molecule has 1 amide bonds. The molecule has 6 heteroatoms. The van der Waals surface area contributed by atoms with Crippen molar-refractivity contribution >= 4 is 55.2 Å². The molecular formula is C19H19BrN2OS2. The third kappa shape index (κ3) is 4.07. The van der Waals surface area contributed by atoms with Gasteiger partial charge in [0, 0.05) is 22.3 Å². The number of aryl methyl sites for hydroxylation is 3. The number of amides is 1. The summed E-state index contributed by atoms with van der Waals surface area (Å²) in [6, 6.07) is 11.7. The van der Waals surface area contributed by atoms with Crippen molar-refractivity contribution in [2.45, 2.75) is 20.4 Å². The maximum Gasteiger partial charge on any atom is 0.279 e. The normalized spacial score (nSPS) is 12.1. The van der Waals surface area contributed by atoms with Crippen LogP contribution < -0.4 is 4.80 Å². The molecule has 0 fully saturated rings. The lowest BCUT2D eigenvalue weighted by Gasteiger charge is -2.06. The molecule has 0 radical (unpaired) electrons. The van der Waals surface area contributed by atoms with Crippen LogP contribution in [0.4, 0.5) is 0 Å².